The maximum atomic E-state index is 4.80. The molecule has 1 aliphatic heterocycles. The normalized spacial score (nSPS) is 30.4. The maximum absolute atomic E-state index is 4.80. The molecular weight excluding hydrogens is 246 g/mol. The molecule has 3 atom stereocenters. The second kappa shape index (κ2) is 4.88. The number of piperidine rings is 1. The fourth-order valence-electron chi connectivity index (χ4n) is 4.02. The van der Waals surface area contributed by atoms with Crippen LogP contribution in [0.3, 0.4) is 0 Å². The van der Waals surface area contributed by atoms with Crippen LogP contribution in [-0.4, -0.2) is 16.0 Å². The molecule has 1 saturated carbocycles. The zero-order chi connectivity index (χ0) is 13.5. The van der Waals surface area contributed by atoms with Crippen molar-refractivity contribution in [1.82, 2.24) is 15.3 Å². The number of nitrogens with one attached hydrogen (secondary N) is 2. The van der Waals surface area contributed by atoms with Crippen LogP contribution >= 0.6 is 0 Å². The molecule has 0 spiro atoms. The number of hydrogen-bond acceptors (Lipinski definition) is 2. The lowest BCUT2D eigenvalue weighted by Crippen LogP contribution is -2.45. The Balaban J connectivity index is 1.59. The predicted molar refractivity (Wildman–Crippen MR) is 81.7 cm³/mol. The van der Waals surface area contributed by atoms with Crippen molar-refractivity contribution in [3.8, 4) is 0 Å². The lowest BCUT2D eigenvalue weighted by Gasteiger charge is -2.39. The van der Waals surface area contributed by atoms with Crippen molar-refractivity contribution in [2.24, 2.45) is 5.92 Å². The molecule has 106 valence electrons. The third-order valence-corrected chi connectivity index (χ3v) is 5.14. The number of imidazole rings is 1. The fraction of sp³-hybridized carbons (Fsp3) is 0.588. The highest BCUT2D eigenvalue weighted by Gasteiger charge is 2.33. The van der Waals surface area contributed by atoms with Gasteiger partial charge in [0.1, 0.15) is 5.82 Å². The lowest BCUT2D eigenvalue weighted by molar-refractivity contribution is 0.174. The highest BCUT2D eigenvalue weighted by Crippen LogP contribution is 2.36. The summed E-state index contributed by atoms with van der Waals surface area (Å²) in [6, 6.07) is 7.59. The second-order valence-electron chi connectivity index (χ2n) is 6.59. The van der Waals surface area contributed by atoms with Crippen molar-refractivity contribution >= 4 is 11.0 Å². The molecule has 3 heteroatoms. The number of nitrogens with zero attached hydrogens (tertiary/aromatic N) is 1. The van der Waals surface area contributed by atoms with E-state index >= 15 is 0 Å². The molecule has 0 bridgehead atoms. The van der Waals surface area contributed by atoms with Gasteiger partial charge >= 0.3 is 0 Å². The van der Waals surface area contributed by atoms with Crippen LogP contribution in [0.25, 0.3) is 11.0 Å². The third-order valence-electron chi connectivity index (χ3n) is 5.14. The van der Waals surface area contributed by atoms with E-state index in [1.807, 2.05) is 0 Å². The largest absolute Gasteiger partial charge is 0.341 e. The molecule has 0 radical (unpaired) electrons. The number of H-pyrrole nitrogens is 1. The van der Waals surface area contributed by atoms with E-state index in [1.54, 1.807) is 0 Å². The van der Waals surface area contributed by atoms with E-state index in [4.69, 9.17) is 4.98 Å². The number of aromatic nitrogens is 2. The van der Waals surface area contributed by atoms with Crippen LogP contribution < -0.4 is 5.32 Å². The molecular formula is C17H23N3. The van der Waals surface area contributed by atoms with Crippen LogP contribution in [0.15, 0.2) is 18.2 Å². The molecule has 3 nitrogen and oxygen atoms in total. The van der Waals surface area contributed by atoms with Gasteiger partial charge in [-0.1, -0.05) is 18.9 Å². The smallest absolute Gasteiger partial charge is 0.124 e. The minimum Gasteiger partial charge on any atom is -0.341 e. The number of benzene rings is 1. The van der Waals surface area contributed by atoms with Crippen molar-refractivity contribution in [2.45, 2.75) is 57.5 Å². The molecule has 2 N–H and O–H groups in total. The summed E-state index contributed by atoms with van der Waals surface area (Å²) in [6.07, 6.45) is 8.17. The van der Waals surface area contributed by atoms with Crippen molar-refractivity contribution in [2.75, 3.05) is 0 Å². The Morgan fingerprint density at radius 3 is 2.95 bits per heavy atom. The van der Waals surface area contributed by atoms with Gasteiger partial charge in [-0.3, -0.25) is 0 Å². The summed E-state index contributed by atoms with van der Waals surface area (Å²) < 4.78 is 0. The zero-order valence-corrected chi connectivity index (χ0v) is 12.2. The zero-order valence-electron chi connectivity index (χ0n) is 12.2. The Labute approximate surface area is 120 Å². The van der Waals surface area contributed by atoms with Gasteiger partial charge in [-0.25, -0.2) is 4.98 Å². The highest BCUT2D eigenvalue weighted by molar-refractivity contribution is 5.75. The summed E-state index contributed by atoms with van der Waals surface area (Å²) in [7, 11) is 0. The van der Waals surface area contributed by atoms with Gasteiger partial charge in [-0.05, 0) is 56.2 Å². The van der Waals surface area contributed by atoms with E-state index in [9.17, 15) is 0 Å². The Morgan fingerprint density at radius 2 is 2.00 bits per heavy atom. The monoisotopic (exact) mass is 269 g/mol. The summed E-state index contributed by atoms with van der Waals surface area (Å²) in [5.74, 6) is 2.04. The standard InChI is InChI=1S/C17H23N3/c1-11-6-8-14-16(10-11)20-17(19-14)15-9-7-12-4-2-3-5-13(12)18-15/h6,8,10,12-13,15,18H,2-5,7,9H2,1H3,(H,19,20). The minimum atomic E-state index is 0.419. The Hall–Kier alpha value is -1.35. The third kappa shape index (κ3) is 2.14. The Bertz CT molecular complexity index is 616. The number of aromatic amines is 1. The van der Waals surface area contributed by atoms with E-state index in [1.165, 1.54) is 49.6 Å². The van der Waals surface area contributed by atoms with Crippen LogP contribution in [0.2, 0.25) is 0 Å². The van der Waals surface area contributed by atoms with Gasteiger partial charge in [0.05, 0.1) is 17.1 Å². The van der Waals surface area contributed by atoms with Gasteiger partial charge in [-0.2, -0.15) is 0 Å². The maximum Gasteiger partial charge on any atom is 0.124 e. The van der Waals surface area contributed by atoms with Crippen LogP contribution in [0.5, 0.6) is 0 Å². The number of aryl methyl sites for hydroxylation is 1. The fourth-order valence-corrected chi connectivity index (χ4v) is 4.02. The van der Waals surface area contributed by atoms with E-state index in [-0.39, 0.29) is 0 Å². The van der Waals surface area contributed by atoms with Crippen molar-refractivity contribution in [3.63, 3.8) is 0 Å². The highest BCUT2D eigenvalue weighted by atomic mass is 15.1. The summed E-state index contributed by atoms with van der Waals surface area (Å²) in [5, 5.41) is 3.85. The van der Waals surface area contributed by atoms with Crippen molar-refractivity contribution in [1.29, 1.82) is 0 Å². The number of fused-ring (bicyclic) bond motifs is 2. The topological polar surface area (TPSA) is 40.7 Å². The average Bonchev–Trinajstić information content (AvgIpc) is 2.89. The first-order chi connectivity index (χ1) is 9.79. The van der Waals surface area contributed by atoms with Gasteiger partial charge in [0, 0.05) is 6.04 Å². The summed E-state index contributed by atoms with van der Waals surface area (Å²) in [6.45, 7) is 2.13. The van der Waals surface area contributed by atoms with Gasteiger partial charge in [0.2, 0.25) is 0 Å². The van der Waals surface area contributed by atoms with Crippen molar-refractivity contribution in [3.05, 3.63) is 29.6 Å². The SMILES string of the molecule is Cc1ccc2nc(C3CCC4CCCCC4N3)[nH]c2c1. The quantitative estimate of drug-likeness (QED) is 0.825. The van der Waals surface area contributed by atoms with Gasteiger partial charge < -0.3 is 10.3 Å². The first-order valence-electron chi connectivity index (χ1n) is 8.02. The summed E-state index contributed by atoms with van der Waals surface area (Å²) in [5.41, 5.74) is 3.56. The molecule has 1 saturated heterocycles. The first kappa shape index (κ1) is 12.4. The van der Waals surface area contributed by atoms with Crippen LogP contribution in [-0.2, 0) is 0 Å². The van der Waals surface area contributed by atoms with Gasteiger partial charge in [-0.15, -0.1) is 0 Å². The molecule has 20 heavy (non-hydrogen) atoms. The predicted octanol–water partition coefficient (Wildman–Crippen LogP) is 3.85. The van der Waals surface area contributed by atoms with E-state index in [2.05, 4.69) is 35.4 Å². The molecule has 1 aromatic heterocycles. The van der Waals surface area contributed by atoms with Crippen LogP contribution in [0, 0.1) is 12.8 Å². The Kier molecular flexibility index (Phi) is 3.03. The van der Waals surface area contributed by atoms with Crippen molar-refractivity contribution < 1.29 is 0 Å². The molecule has 4 rings (SSSR count). The molecule has 2 heterocycles. The average molecular weight is 269 g/mol. The molecule has 2 fully saturated rings. The summed E-state index contributed by atoms with van der Waals surface area (Å²) >= 11 is 0. The second-order valence-corrected chi connectivity index (χ2v) is 6.59. The number of hydrogen-bond donors (Lipinski definition) is 2. The van der Waals surface area contributed by atoms with Gasteiger partial charge in [0.15, 0.2) is 0 Å². The Morgan fingerprint density at radius 1 is 1.10 bits per heavy atom. The molecule has 2 aromatic rings. The summed E-state index contributed by atoms with van der Waals surface area (Å²) in [4.78, 5) is 8.33. The van der Waals surface area contributed by atoms with Crippen LogP contribution in [0.1, 0.15) is 56.0 Å². The number of rotatable bonds is 1. The molecule has 1 aromatic carbocycles. The lowest BCUT2D eigenvalue weighted by atomic mass is 9.77. The first-order valence-corrected chi connectivity index (χ1v) is 8.02. The van der Waals surface area contributed by atoms with E-state index in [0.29, 0.717) is 6.04 Å². The van der Waals surface area contributed by atoms with Crippen LogP contribution in [0.4, 0.5) is 0 Å². The molecule has 0 amide bonds. The van der Waals surface area contributed by atoms with E-state index < -0.39 is 0 Å². The minimum absolute atomic E-state index is 0.419. The molecule has 3 unspecified atom stereocenters. The van der Waals surface area contributed by atoms with Gasteiger partial charge in [0.25, 0.3) is 0 Å². The molecule has 2 aliphatic rings. The van der Waals surface area contributed by atoms with E-state index in [0.717, 1.165) is 23.3 Å². The molecule has 1 aliphatic carbocycles.